The van der Waals surface area contributed by atoms with Crippen molar-refractivity contribution in [3.05, 3.63) is 87.3 Å². The summed E-state index contributed by atoms with van der Waals surface area (Å²) in [7, 11) is 0. The number of nitrogens with one attached hydrogen (secondary N) is 1. The van der Waals surface area contributed by atoms with Crippen LogP contribution in [0, 0.1) is 21.4 Å². The first-order valence-electron chi connectivity index (χ1n) is 7.89. The summed E-state index contributed by atoms with van der Waals surface area (Å²) in [5, 5.41) is 22.9. The highest BCUT2D eigenvalue weighted by Crippen LogP contribution is 2.31. The van der Waals surface area contributed by atoms with Crippen molar-refractivity contribution in [2.45, 2.75) is 0 Å². The van der Waals surface area contributed by atoms with Crippen molar-refractivity contribution in [3.63, 3.8) is 0 Å². The summed E-state index contributed by atoms with van der Waals surface area (Å²) >= 11 is 1.34. The van der Waals surface area contributed by atoms with Gasteiger partial charge in [0.25, 0.3) is 11.6 Å². The molecule has 27 heavy (non-hydrogen) atoms. The lowest BCUT2D eigenvalue weighted by Gasteiger charge is -2.03. The number of thiophene rings is 1. The molecule has 0 fully saturated rings. The number of non-ortho nitro benzene ring substituents is 1. The van der Waals surface area contributed by atoms with Gasteiger partial charge in [-0.2, -0.15) is 5.26 Å². The van der Waals surface area contributed by atoms with Gasteiger partial charge in [0.2, 0.25) is 0 Å². The molecule has 0 radical (unpaired) electrons. The maximum atomic E-state index is 12.3. The molecular formula is C20H13N3O3S. The Hall–Kier alpha value is -3.76. The first-order chi connectivity index (χ1) is 13.1. The molecule has 1 aromatic heterocycles. The molecule has 3 aromatic rings. The number of nitro benzene ring substituents is 1. The second kappa shape index (κ2) is 8.08. The first kappa shape index (κ1) is 18.0. The van der Waals surface area contributed by atoms with E-state index in [1.807, 2.05) is 12.1 Å². The molecule has 1 heterocycles. The van der Waals surface area contributed by atoms with Crippen LogP contribution in [0.1, 0.15) is 4.88 Å². The number of nitrogens with zero attached hydrogens (tertiary/aromatic N) is 2. The molecule has 2 aromatic carbocycles. The predicted octanol–water partition coefficient (Wildman–Crippen LogP) is 4.87. The minimum Gasteiger partial charge on any atom is -0.321 e. The predicted molar refractivity (Wildman–Crippen MR) is 105 cm³/mol. The fourth-order valence-electron chi connectivity index (χ4n) is 2.37. The van der Waals surface area contributed by atoms with Crippen LogP contribution in [0.2, 0.25) is 0 Å². The van der Waals surface area contributed by atoms with Gasteiger partial charge in [0.05, 0.1) is 4.92 Å². The molecule has 0 saturated carbocycles. The minimum atomic E-state index is -0.492. The van der Waals surface area contributed by atoms with Gasteiger partial charge >= 0.3 is 0 Å². The Morgan fingerprint density at radius 3 is 2.59 bits per heavy atom. The van der Waals surface area contributed by atoms with Crippen LogP contribution in [-0.4, -0.2) is 10.8 Å². The van der Waals surface area contributed by atoms with E-state index in [1.165, 1.54) is 29.5 Å². The van der Waals surface area contributed by atoms with Crippen LogP contribution in [0.15, 0.2) is 72.3 Å². The molecule has 3 rings (SSSR count). The number of rotatable bonds is 5. The summed E-state index contributed by atoms with van der Waals surface area (Å²) in [4.78, 5) is 24.3. The Bertz CT molecular complexity index is 1070. The number of carbonyl (C=O) groups is 1. The second-order valence-electron chi connectivity index (χ2n) is 5.50. The molecule has 0 unspecified atom stereocenters. The van der Waals surface area contributed by atoms with Crippen LogP contribution < -0.4 is 5.32 Å². The number of hydrogen-bond donors (Lipinski definition) is 1. The third-order valence-electron chi connectivity index (χ3n) is 3.65. The molecule has 0 aliphatic heterocycles. The van der Waals surface area contributed by atoms with Gasteiger partial charge in [-0.3, -0.25) is 14.9 Å². The minimum absolute atomic E-state index is 0.0120. The molecule has 0 bridgehead atoms. The lowest BCUT2D eigenvalue weighted by atomic mass is 10.1. The Balaban J connectivity index is 1.82. The van der Waals surface area contributed by atoms with Gasteiger partial charge in [-0.1, -0.05) is 30.3 Å². The van der Waals surface area contributed by atoms with Crippen LogP contribution in [0.25, 0.3) is 16.5 Å². The number of benzene rings is 2. The van der Waals surface area contributed by atoms with Crippen molar-refractivity contribution in [2.24, 2.45) is 0 Å². The summed E-state index contributed by atoms with van der Waals surface area (Å²) < 4.78 is 0. The van der Waals surface area contributed by atoms with Crippen molar-refractivity contribution in [2.75, 3.05) is 5.32 Å². The number of nitro groups is 1. The molecule has 0 aliphatic rings. The van der Waals surface area contributed by atoms with Gasteiger partial charge in [0.15, 0.2) is 0 Å². The Morgan fingerprint density at radius 1 is 1.11 bits per heavy atom. The van der Waals surface area contributed by atoms with Gasteiger partial charge in [-0.25, -0.2) is 0 Å². The van der Waals surface area contributed by atoms with E-state index in [9.17, 15) is 20.2 Å². The topological polar surface area (TPSA) is 96.0 Å². The average molecular weight is 375 g/mol. The monoisotopic (exact) mass is 375 g/mol. The standard InChI is InChI=1S/C20H13N3O3S/c21-13-15(20(24)22-16-6-2-1-3-7-16)12-18-9-10-19(27-18)14-5-4-8-17(11-14)23(25)26/h1-12H,(H,22,24)/b15-12+. The lowest BCUT2D eigenvalue weighted by molar-refractivity contribution is -0.384. The van der Waals surface area contributed by atoms with E-state index < -0.39 is 10.8 Å². The van der Waals surface area contributed by atoms with E-state index in [-0.39, 0.29) is 11.3 Å². The fourth-order valence-corrected chi connectivity index (χ4v) is 3.32. The van der Waals surface area contributed by atoms with E-state index >= 15 is 0 Å². The van der Waals surface area contributed by atoms with Crippen LogP contribution in [0.5, 0.6) is 0 Å². The summed E-state index contributed by atoms with van der Waals surface area (Å²) in [6.45, 7) is 0. The van der Waals surface area contributed by atoms with Crippen molar-refractivity contribution < 1.29 is 9.72 Å². The summed E-state index contributed by atoms with van der Waals surface area (Å²) in [5.74, 6) is -0.492. The van der Waals surface area contributed by atoms with E-state index in [2.05, 4.69) is 5.32 Å². The molecular weight excluding hydrogens is 362 g/mol. The van der Waals surface area contributed by atoms with E-state index in [0.29, 0.717) is 16.1 Å². The quantitative estimate of drug-likeness (QED) is 0.298. The van der Waals surface area contributed by atoms with E-state index in [0.717, 1.165) is 4.88 Å². The SMILES string of the molecule is N#C/C(=C\c1ccc(-c2cccc([N+](=O)[O-])c2)s1)C(=O)Nc1ccccc1. The number of anilines is 1. The fraction of sp³-hybridized carbons (Fsp3) is 0. The summed E-state index contributed by atoms with van der Waals surface area (Å²) in [5.41, 5.74) is 1.30. The maximum Gasteiger partial charge on any atom is 0.270 e. The molecule has 0 aliphatic carbocycles. The molecule has 132 valence electrons. The first-order valence-corrected chi connectivity index (χ1v) is 8.71. The van der Waals surface area contributed by atoms with E-state index in [4.69, 9.17) is 0 Å². The van der Waals surface area contributed by atoms with Gasteiger partial charge < -0.3 is 5.32 Å². The third kappa shape index (κ3) is 4.45. The van der Waals surface area contributed by atoms with Gasteiger partial charge in [0, 0.05) is 27.6 Å². The molecule has 1 N–H and O–H groups in total. The van der Waals surface area contributed by atoms with Crippen LogP contribution in [-0.2, 0) is 4.79 Å². The van der Waals surface area contributed by atoms with Gasteiger partial charge in [-0.05, 0) is 35.9 Å². The maximum absolute atomic E-state index is 12.3. The number of para-hydroxylation sites is 1. The van der Waals surface area contributed by atoms with Gasteiger partial charge in [-0.15, -0.1) is 11.3 Å². The largest absolute Gasteiger partial charge is 0.321 e. The molecule has 7 heteroatoms. The van der Waals surface area contributed by atoms with Crippen molar-refractivity contribution in [3.8, 4) is 16.5 Å². The number of carbonyl (C=O) groups excluding carboxylic acids is 1. The normalized spacial score (nSPS) is 10.9. The number of nitriles is 1. The second-order valence-corrected chi connectivity index (χ2v) is 6.61. The Morgan fingerprint density at radius 2 is 1.89 bits per heavy atom. The molecule has 0 spiro atoms. The lowest BCUT2D eigenvalue weighted by Crippen LogP contribution is -2.13. The zero-order valence-electron chi connectivity index (χ0n) is 14.0. The van der Waals surface area contributed by atoms with Gasteiger partial charge in [0.1, 0.15) is 11.6 Å². The third-order valence-corrected chi connectivity index (χ3v) is 4.73. The van der Waals surface area contributed by atoms with Crippen LogP contribution in [0.4, 0.5) is 11.4 Å². The summed E-state index contributed by atoms with van der Waals surface area (Å²) in [6, 6.07) is 20.7. The molecule has 0 saturated heterocycles. The van der Waals surface area contributed by atoms with Crippen LogP contribution >= 0.6 is 11.3 Å². The molecule has 0 atom stereocenters. The van der Waals surface area contributed by atoms with Crippen LogP contribution in [0.3, 0.4) is 0 Å². The van der Waals surface area contributed by atoms with Crippen molar-refractivity contribution in [1.82, 2.24) is 0 Å². The van der Waals surface area contributed by atoms with E-state index in [1.54, 1.807) is 48.5 Å². The Labute approximate surface area is 159 Å². The Kier molecular flexibility index (Phi) is 5.40. The average Bonchev–Trinajstić information content (AvgIpc) is 3.15. The van der Waals surface area contributed by atoms with Crippen molar-refractivity contribution in [1.29, 1.82) is 5.26 Å². The highest BCUT2D eigenvalue weighted by molar-refractivity contribution is 7.16. The summed E-state index contributed by atoms with van der Waals surface area (Å²) in [6.07, 6.45) is 1.50. The zero-order valence-corrected chi connectivity index (χ0v) is 14.8. The highest BCUT2D eigenvalue weighted by atomic mass is 32.1. The number of amides is 1. The molecule has 6 nitrogen and oxygen atoms in total. The highest BCUT2D eigenvalue weighted by Gasteiger charge is 2.12. The zero-order chi connectivity index (χ0) is 19.2. The van der Waals surface area contributed by atoms with Crippen molar-refractivity contribution >= 4 is 34.7 Å². The smallest absolute Gasteiger partial charge is 0.270 e. The number of hydrogen-bond acceptors (Lipinski definition) is 5. The molecule has 1 amide bonds.